The Morgan fingerprint density at radius 3 is 2.50 bits per heavy atom. The zero-order valence-electron chi connectivity index (χ0n) is 12.5. The summed E-state index contributed by atoms with van der Waals surface area (Å²) in [4.78, 5) is 24.7. The maximum absolute atomic E-state index is 12.4. The topological polar surface area (TPSA) is 57.6 Å². The van der Waals surface area contributed by atoms with Gasteiger partial charge in [-0.15, -0.1) is 0 Å². The minimum Gasteiger partial charge on any atom is -0.481 e. The van der Waals surface area contributed by atoms with Crippen molar-refractivity contribution in [2.45, 2.75) is 57.8 Å². The average Bonchev–Trinajstić information content (AvgIpc) is 2.45. The fraction of sp³-hybridized carbons (Fsp3) is 0.875. The maximum Gasteiger partial charge on any atom is 0.303 e. The first kappa shape index (κ1) is 15.3. The lowest BCUT2D eigenvalue weighted by Crippen LogP contribution is -2.38. The Hall–Kier alpha value is -1.06. The van der Waals surface area contributed by atoms with Gasteiger partial charge in [0.2, 0.25) is 5.91 Å². The highest BCUT2D eigenvalue weighted by Gasteiger charge is 2.35. The molecule has 0 aromatic heterocycles. The van der Waals surface area contributed by atoms with Crippen LogP contribution >= 0.6 is 0 Å². The number of carboxylic acid groups (broad SMARTS) is 1. The number of fused-ring (bicyclic) bond motifs is 1. The largest absolute Gasteiger partial charge is 0.481 e. The number of carbonyl (C=O) groups excluding carboxylic acids is 1. The highest BCUT2D eigenvalue weighted by Crippen LogP contribution is 2.43. The van der Waals surface area contributed by atoms with Crippen LogP contribution < -0.4 is 0 Å². The zero-order chi connectivity index (χ0) is 14.5. The molecule has 0 aliphatic heterocycles. The fourth-order valence-corrected chi connectivity index (χ4v) is 3.99. The van der Waals surface area contributed by atoms with E-state index in [4.69, 9.17) is 5.11 Å². The van der Waals surface area contributed by atoms with Crippen molar-refractivity contribution in [2.75, 3.05) is 13.6 Å². The van der Waals surface area contributed by atoms with Gasteiger partial charge in [-0.3, -0.25) is 9.59 Å². The number of aliphatic carboxylic acids is 1. The highest BCUT2D eigenvalue weighted by atomic mass is 16.4. The molecule has 20 heavy (non-hydrogen) atoms. The number of rotatable bonds is 5. The van der Waals surface area contributed by atoms with Crippen LogP contribution in [0.15, 0.2) is 0 Å². The van der Waals surface area contributed by atoms with Gasteiger partial charge in [-0.25, -0.2) is 0 Å². The number of carbonyl (C=O) groups is 2. The standard InChI is InChI=1S/C16H27NO3/c1-17(10-4-7-15(18)19)16(20)14-9-8-12-5-2-3-6-13(12)11-14/h12-14H,2-11H2,1H3,(H,18,19). The van der Waals surface area contributed by atoms with E-state index in [9.17, 15) is 9.59 Å². The molecule has 1 N–H and O–H groups in total. The summed E-state index contributed by atoms with van der Waals surface area (Å²) >= 11 is 0. The Morgan fingerprint density at radius 2 is 1.80 bits per heavy atom. The first-order valence-electron chi connectivity index (χ1n) is 8.04. The quantitative estimate of drug-likeness (QED) is 0.843. The number of amides is 1. The van der Waals surface area contributed by atoms with Crippen molar-refractivity contribution in [1.29, 1.82) is 0 Å². The van der Waals surface area contributed by atoms with Crippen LogP contribution in [0.4, 0.5) is 0 Å². The van der Waals surface area contributed by atoms with Crippen LogP contribution in [0, 0.1) is 17.8 Å². The molecule has 2 aliphatic carbocycles. The molecule has 3 unspecified atom stereocenters. The summed E-state index contributed by atoms with van der Waals surface area (Å²) in [5.41, 5.74) is 0. The number of hydrogen-bond acceptors (Lipinski definition) is 2. The SMILES string of the molecule is CN(CCCC(=O)O)C(=O)C1CCC2CCCCC2C1. The van der Waals surface area contributed by atoms with Crippen LogP contribution in [0.25, 0.3) is 0 Å². The van der Waals surface area contributed by atoms with Gasteiger partial charge >= 0.3 is 5.97 Å². The third-order valence-electron chi connectivity index (χ3n) is 5.15. The molecule has 0 spiro atoms. The van der Waals surface area contributed by atoms with Crippen molar-refractivity contribution >= 4 is 11.9 Å². The molecule has 114 valence electrons. The molecule has 0 aromatic rings. The van der Waals surface area contributed by atoms with Crippen molar-refractivity contribution in [3.05, 3.63) is 0 Å². The normalized spacial score (nSPS) is 29.6. The van der Waals surface area contributed by atoms with Crippen LogP contribution in [0.2, 0.25) is 0 Å². The molecule has 2 aliphatic rings. The number of hydrogen-bond donors (Lipinski definition) is 1. The molecule has 3 atom stereocenters. The monoisotopic (exact) mass is 281 g/mol. The predicted molar refractivity (Wildman–Crippen MR) is 77.3 cm³/mol. The molecular formula is C16H27NO3. The molecular weight excluding hydrogens is 254 g/mol. The Morgan fingerprint density at radius 1 is 1.10 bits per heavy atom. The van der Waals surface area contributed by atoms with E-state index in [2.05, 4.69) is 0 Å². The Bertz CT molecular complexity index is 356. The summed E-state index contributed by atoms with van der Waals surface area (Å²) in [7, 11) is 1.82. The molecule has 0 aromatic carbocycles. The van der Waals surface area contributed by atoms with E-state index in [-0.39, 0.29) is 18.2 Å². The molecule has 4 nitrogen and oxygen atoms in total. The lowest BCUT2D eigenvalue weighted by molar-refractivity contribution is -0.139. The summed E-state index contributed by atoms with van der Waals surface area (Å²) in [6.45, 7) is 0.565. The fourth-order valence-electron chi connectivity index (χ4n) is 3.99. The summed E-state index contributed by atoms with van der Waals surface area (Å²) in [5, 5.41) is 8.64. The van der Waals surface area contributed by atoms with E-state index in [1.807, 2.05) is 7.05 Å². The molecule has 0 radical (unpaired) electrons. The van der Waals surface area contributed by atoms with Crippen LogP contribution in [0.1, 0.15) is 57.8 Å². The first-order valence-corrected chi connectivity index (χ1v) is 8.04. The second kappa shape index (κ2) is 7.09. The Kier molecular flexibility index (Phi) is 5.44. The summed E-state index contributed by atoms with van der Waals surface area (Å²) in [6.07, 6.45) is 9.37. The maximum atomic E-state index is 12.4. The van der Waals surface area contributed by atoms with Crippen molar-refractivity contribution < 1.29 is 14.7 Å². The van der Waals surface area contributed by atoms with Gasteiger partial charge in [0.1, 0.15) is 0 Å². The van der Waals surface area contributed by atoms with Gasteiger partial charge in [-0.2, -0.15) is 0 Å². The minimum atomic E-state index is -0.784. The van der Waals surface area contributed by atoms with Gasteiger partial charge < -0.3 is 10.0 Å². The first-order chi connectivity index (χ1) is 9.58. The molecule has 2 fully saturated rings. The van der Waals surface area contributed by atoms with E-state index in [0.717, 1.165) is 24.7 Å². The van der Waals surface area contributed by atoms with Crippen molar-refractivity contribution in [2.24, 2.45) is 17.8 Å². The molecule has 2 saturated carbocycles. The highest BCUT2D eigenvalue weighted by molar-refractivity contribution is 5.78. The molecule has 0 bridgehead atoms. The van der Waals surface area contributed by atoms with E-state index in [1.165, 1.54) is 32.1 Å². The lowest BCUT2D eigenvalue weighted by Gasteiger charge is -2.39. The van der Waals surface area contributed by atoms with E-state index < -0.39 is 5.97 Å². The number of carboxylic acids is 1. The van der Waals surface area contributed by atoms with Crippen LogP contribution in [-0.2, 0) is 9.59 Å². The van der Waals surface area contributed by atoms with Crippen molar-refractivity contribution in [3.8, 4) is 0 Å². The Balaban J connectivity index is 1.78. The van der Waals surface area contributed by atoms with Gasteiger partial charge in [0.05, 0.1) is 0 Å². The van der Waals surface area contributed by atoms with Crippen LogP contribution in [0.3, 0.4) is 0 Å². The molecule has 1 amide bonds. The molecule has 0 saturated heterocycles. The molecule has 4 heteroatoms. The predicted octanol–water partition coefficient (Wildman–Crippen LogP) is 2.92. The van der Waals surface area contributed by atoms with Crippen molar-refractivity contribution in [3.63, 3.8) is 0 Å². The van der Waals surface area contributed by atoms with E-state index >= 15 is 0 Å². The third-order valence-corrected chi connectivity index (χ3v) is 5.15. The van der Waals surface area contributed by atoms with E-state index in [1.54, 1.807) is 4.90 Å². The summed E-state index contributed by atoms with van der Waals surface area (Å²) < 4.78 is 0. The number of nitrogens with zero attached hydrogens (tertiary/aromatic N) is 1. The van der Waals surface area contributed by atoms with Gasteiger partial charge in [0.25, 0.3) is 0 Å². The van der Waals surface area contributed by atoms with Crippen molar-refractivity contribution in [1.82, 2.24) is 4.90 Å². The van der Waals surface area contributed by atoms with Gasteiger partial charge in [-0.05, 0) is 37.5 Å². The van der Waals surface area contributed by atoms with Gasteiger partial charge in [0, 0.05) is 25.9 Å². The smallest absolute Gasteiger partial charge is 0.303 e. The van der Waals surface area contributed by atoms with E-state index in [0.29, 0.717) is 13.0 Å². The lowest BCUT2D eigenvalue weighted by atomic mass is 9.67. The summed E-state index contributed by atoms with van der Waals surface area (Å²) in [6, 6.07) is 0. The van der Waals surface area contributed by atoms with Gasteiger partial charge in [0.15, 0.2) is 0 Å². The zero-order valence-corrected chi connectivity index (χ0v) is 12.5. The molecule has 0 heterocycles. The van der Waals surface area contributed by atoms with Crippen LogP contribution in [0.5, 0.6) is 0 Å². The second-order valence-corrected chi connectivity index (χ2v) is 6.57. The minimum absolute atomic E-state index is 0.146. The van der Waals surface area contributed by atoms with Crippen LogP contribution in [-0.4, -0.2) is 35.5 Å². The molecule has 2 rings (SSSR count). The third kappa shape index (κ3) is 3.97. The summed E-state index contributed by atoms with van der Waals surface area (Å²) in [5.74, 6) is 1.26. The Labute approximate surface area is 121 Å². The average molecular weight is 281 g/mol. The van der Waals surface area contributed by atoms with Gasteiger partial charge in [-0.1, -0.05) is 25.7 Å². The second-order valence-electron chi connectivity index (χ2n) is 6.57.